The molecule has 0 bridgehead atoms. The summed E-state index contributed by atoms with van der Waals surface area (Å²) in [5.74, 6) is 0.576. The van der Waals surface area contributed by atoms with Gasteiger partial charge in [0, 0.05) is 0 Å². The van der Waals surface area contributed by atoms with Crippen molar-refractivity contribution in [3.63, 3.8) is 0 Å². The minimum atomic E-state index is -1.21. The molecule has 0 heterocycles. The normalized spacial score (nSPS) is 12.2. The second-order valence-electron chi connectivity index (χ2n) is 2.35. The minimum absolute atomic E-state index is 0.0267. The Morgan fingerprint density at radius 2 is 2.00 bits per heavy atom. The smallest absolute Gasteiger partial charge is 0.201 e. The summed E-state index contributed by atoms with van der Waals surface area (Å²) in [6.45, 7) is 1.35. The Hall–Kier alpha value is -0.960. The lowest BCUT2D eigenvalue weighted by molar-refractivity contribution is 0.402. The lowest BCUT2D eigenvalue weighted by Crippen LogP contribution is -2.15. The van der Waals surface area contributed by atoms with E-state index in [0.29, 0.717) is 5.75 Å². The number of alkyl halides is 1. The maximum Gasteiger partial charge on any atom is 0.201 e. The van der Waals surface area contributed by atoms with E-state index in [9.17, 15) is 4.39 Å². The summed E-state index contributed by atoms with van der Waals surface area (Å²) in [4.78, 5) is 0. The number of rotatable bonds is 2. The first kappa shape index (κ1) is 9.13. The number of para-hydroxylation sites is 1. The van der Waals surface area contributed by atoms with Crippen LogP contribution in [0.4, 0.5) is 4.39 Å². The van der Waals surface area contributed by atoms with Gasteiger partial charge in [-0.2, -0.15) is 0 Å². The third-order valence-corrected chi connectivity index (χ3v) is 1.69. The molecule has 1 nitrogen and oxygen atoms in total. The number of thiocarbonyl (C=S) groups is 1. The Bertz CT molecular complexity index is 258. The maximum absolute atomic E-state index is 12.5. The molecule has 0 aliphatic heterocycles. The van der Waals surface area contributed by atoms with Crippen LogP contribution in [0.2, 0.25) is 0 Å². The summed E-state index contributed by atoms with van der Waals surface area (Å²) >= 11 is 4.66. The summed E-state index contributed by atoms with van der Waals surface area (Å²) < 4.78 is 17.5. The van der Waals surface area contributed by atoms with E-state index in [4.69, 9.17) is 4.74 Å². The molecule has 0 fully saturated rings. The summed E-state index contributed by atoms with van der Waals surface area (Å²) in [5.41, 5.74) is 0. The fourth-order valence-electron chi connectivity index (χ4n) is 0.686. The second kappa shape index (κ2) is 4.16. The summed E-state index contributed by atoms with van der Waals surface area (Å²) in [7, 11) is 0. The maximum atomic E-state index is 12.5. The summed E-state index contributed by atoms with van der Waals surface area (Å²) in [5, 5.41) is -0.0267. The molecule has 0 radical (unpaired) electrons. The van der Waals surface area contributed by atoms with Crippen molar-refractivity contribution in [2.75, 3.05) is 0 Å². The van der Waals surface area contributed by atoms with E-state index < -0.39 is 6.17 Å². The highest BCUT2D eigenvalue weighted by molar-refractivity contribution is 7.80. The van der Waals surface area contributed by atoms with Crippen molar-refractivity contribution in [1.82, 2.24) is 0 Å². The number of hydrogen-bond acceptors (Lipinski definition) is 2. The van der Waals surface area contributed by atoms with Gasteiger partial charge in [-0.1, -0.05) is 18.2 Å². The highest BCUT2D eigenvalue weighted by atomic mass is 32.1. The molecular formula is C9H9FOS. The van der Waals surface area contributed by atoms with Crippen molar-refractivity contribution in [1.29, 1.82) is 0 Å². The van der Waals surface area contributed by atoms with Crippen LogP contribution in [0.5, 0.6) is 5.75 Å². The van der Waals surface area contributed by atoms with Gasteiger partial charge in [-0.25, -0.2) is 4.39 Å². The number of halogens is 1. The molecule has 3 heteroatoms. The zero-order chi connectivity index (χ0) is 8.97. The van der Waals surface area contributed by atoms with Gasteiger partial charge in [-0.15, -0.1) is 0 Å². The Morgan fingerprint density at radius 3 is 2.50 bits per heavy atom. The fourth-order valence-corrected chi connectivity index (χ4v) is 0.782. The van der Waals surface area contributed by atoms with Gasteiger partial charge in [0.1, 0.15) is 5.75 Å². The van der Waals surface area contributed by atoms with Crippen LogP contribution in [-0.4, -0.2) is 11.2 Å². The molecule has 1 rings (SSSR count). The number of benzene rings is 1. The zero-order valence-corrected chi connectivity index (χ0v) is 7.48. The van der Waals surface area contributed by atoms with Crippen LogP contribution in [0.3, 0.4) is 0 Å². The van der Waals surface area contributed by atoms with E-state index in [1.54, 1.807) is 24.3 Å². The third-order valence-electron chi connectivity index (χ3n) is 1.29. The molecule has 1 unspecified atom stereocenters. The molecule has 1 aromatic rings. The van der Waals surface area contributed by atoms with Crippen LogP contribution in [0.15, 0.2) is 30.3 Å². The average molecular weight is 184 g/mol. The molecule has 64 valence electrons. The molecule has 0 amide bonds. The average Bonchev–Trinajstić information content (AvgIpc) is 2.06. The molecular weight excluding hydrogens is 175 g/mol. The molecule has 0 N–H and O–H groups in total. The van der Waals surface area contributed by atoms with Gasteiger partial charge >= 0.3 is 0 Å². The van der Waals surface area contributed by atoms with Crippen LogP contribution in [0.25, 0.3) is 0 Å². The third kappa shape index (κ3) is 2.58. The largest absolute Gasteiger partial charge is 0.447 e. The number of ether oxygens (including phenoxy) is 1. The zero-order valence-electron chi connectivity index (χ0n) is 6.66. The van der Waals surface area contributed by atoms with Gasteiger partial charge in [-0.05, 0) is 31.3 Å². The van der Waals surface area contributed by atoms with Crippen LogP contribution in [0, 0.1) is 0 Å². The quantitative estimate of drug-likeness (QED) is 0.653. The van der Waals surface area contributed by atoms with E-state index in [0.717, 1.165) is 0 Å². The molecule has 1 atom stereocenters. The monoisotopic (exact) mass is 184 g/mol. The predicted octanol–water partition coefficient (Wildman–Crippen LogP) is 2.75. The fraction of sp³-hybridized carbons (Fsp3) is 0.222. The highest BCUT2D eigenvalue weighted by Crippen LogP contribution is 2.10. The first-order valence-corrected chi connectivity index (χ1v) is 4.02. The van der Waals surface area contributed by atoms with E-state index in [1.807, 2.05) is 6.07 Å². The molecule has 0 spiro atoms. The van der Waals surface area contributed by atoms with Crippen molar-refractivity contribution in [2.24, 2.45) is 0 Å². The van der Waals surface area contributed by atoms with Gasteiger partial charge in [0.15, 0.2) is 6.17 Å². The van der Waals surface area contributed by atoms with Gasteiger partial charge in [-0.3, -0.25) is 0 Å². The first-order chi connectivity index (χ1) is 5.70. The van der Waals surface area contributed by atoms with Gasteiger partial charge < -0.3 is 4.74 Å². The Balaban J connectivity index is 2.59. The van der Waals surface area contributed by atoms with Crippen molar-refractivity contribution in [3.8, 4) is 5.75 Å². The van der Waals surface area contributed by atoms with E-state index in [2.05, 4.69) is 12.2 Å². The molecule has 12 heavy (non-hydrogen) atoms. The SMILES string of the molecule is CC(F)C(=S)Oc1ccccc1. The van der Waals surface area contributed by atoms with Gasteiger partial charge in [0.25, 0.3) is 0 Å². The molecule has 0 aromatic heterocycles. The minimum Gasteiger partial charge on any atom is -0.447 e. The van der Waals surface area contributed by atoms with E-state index >= 15 is 0 Å². The van der Waals surface area contributed by atoms with Crippen molar-refractivity contribution >= 4 is 17.3 Å². The molecule has 0 saturated heterocycles. The molecule has 1 aromatic carbocycles. The van der Waals surface area contributed by atoms with Crippen LogP contribution in [-0.2, 0) is 0 Å². The Kier molecular flexibility index (Phi) is 3.17. The molecule has 0 saturated carbocycles. The lowest BCUT2D eigenvalue weighted by atomic mass is 10.3. The standard InChI is InChI=1S/C9H9FOS/c1-7(10)9(12)11-8-5-3-2-4-6-8/h2-7H,1H3. The van der Waals surface area contributed by atoms with Gasteiger partial charge in [0.05, 0.1) is 0 Å². The predicted molar refractivity (Wildman–Crippen MR) is 50.2 cm³/mol. The summed E-state index contributed by atoms with van der Waals surface area (Å²) in [6.07, 6.45) is -1.21. The van der Waals surface area contributed by atoms with Crippen molar-refractivity contribution in [3.05, 3.63) is 30.3 Å². The van der Waals surface area contributed by atoms with Crippen LogP contribution in [0.1, 0.15) is 6.92 Å². The Labute approximate surface area is 76.2 Å². The van der Waals surface area contributed by atoms with E-state index in [-0.39, 0.29) is 5.05 Å². The lowest BCUT2D eigenvalue weighted by Gasteiger charge is -2.06. The molecule has 0 aliphatic carbocycles. The second-order valence-corrected chi connectivity index (χ2v) is 2.75. The summed E-state index contributed by atoms with van der Waals surface area (Å²) in [6, 6.07) is 8.93. The van der Waals surface area contributed by atoms with E-state index in [1.165, 1.54) is 6.92 Å². The highest BCUT2D eigenvalue weighted by Gasteiger charge is 2.07. The topological polar surface area (TPSA) is 9.23 Å². The number of hydrogen-bond donors (Lipinski definition) is 0. The molecule has 0 aliphatic rings. The Morgan fingerprint density at radius 1 is 1.42 bits per heavy atom. The van der Waals surface area contributed by atoms with Crippen LogP contribution < -0.4 is 4.74 Å². The van der Waals surface area contributed by atoms with Crippen molar-refractivity contribution < 1.29 is 9.13 Å². The first-order valence-electron chi connectivity index (χ1n) is 3.61. The van der Waals surface area contributed by atoms with Crippen molar-refractivity contribution in [2.45, 2.75) is 13.1 Å². The van der Waals surface area contributed by atoms with Gasteiger partial charge in [0.2, 0.25) is 5.05 Å². The van der Waals surface area contributed by atoms with Crippen LogP contribution >= 0.6 is 12.2 Å².